The van der Waals surface area contributed by atoms with Crippen molar-refractivity contribution >= 4 is 17.4 Å². The van der Waals surface area contributed by atoms with Crippen molar-refractivity contribution < 1.29 is 24.9 Å². The molecule has 0 aliphatic rings. The summed E-state index contributed by atoms with van der Waals surface area (Å²) in [7, 11) is 0. The van der Waals surface area contributed by atoms with E-state index in [0.717, 1.165) is 6.07 Å². The van der Waals surface area contributed by atoms with Crippen LogP contribution in [0.15, 0.2) is 39.9 Å². The maximum atomic E-state index is 11.1. The molecule has 0 saturated heterocycles. The number of carboxylic acids is 1. The maximum absolute atomic E-state index is 11.1. The number of phenols is 1. The Kier molecular flexibility index (Phi) is 4.36. The lowest BCUT2D eigenvalue weighted by atomic mass is 10.2. The fraction of sp³-hybridized carbons (Fsp3) is 0.167. The molecule has 0 radical (unpaired) electrons. The summed E-state index contributed by atoms with van der Waals surface area (Å²) in [5.74, 6) is -2.35. The standard InChI is InChI=1S/C12H12N2O5/c1-6(15)11(7(2)16)14-13-9-4-3-8(12(18)19)5-10(9)17/h3-5,15,17H,1-2H3,(H,18,19)/b11-6-,14-13?. The van der Waals surface area contributed by atoms with Gasteiger partial charge in [0.05, 0.1) is 5.56 Å². The molecule has 0 fully saturated rings. The van der Waals surface area contributed by atoms with Crippen molar-refractivity contribution in [1.29, 1.82) is 0 Å². The molecular formula is C12H12N2O5. The van der Waals surface area contributed by atoms with Crippen molar-refractivity contribution in [2.75, 3.05) is 0 Å². The first-order valence-electron chi connectivity index (χ1n) is 5.21. The number of hydrogen-bond acceptors (Lipinski definition) is 6. The number of nitrogens with zero attached hydrogens (tertiary/aromatic N) is 2. The number of aliphatic hydroxyl groups is 1. The van der Waals surface area contributed by atoms with Gasteiger partial charge < -0.3 is 15.3 Å². The topological polar surface area (TPSA) is 120 Å². The number of carbonyl (C=O) groups is 2. The Morgan fingerprint density at radius 3 is 2.21 bits per heavy atom. The number of Topliss-reactive ketones (excluding diaryl/α,β-unsaturated/α-hetero) is 1. The number of carboxylic acid groups (broad SMARTS) is 1. The highest BCUT2D eigenvalue weighted by molar-refractivity contribution is 5.93. The van der Waals surface area contributed by atoms with E-state index < -0.39 is 11.8 Å². The van der Waals surface area contributed by atoms with E-state index in [4.69, 9.17) is 5.11 Å². The lowest BCUT2D eigenvalue weighted by Gasteiger charge is -2.00. The number of aliphatic hydroxyl groups excluding tert-OH is 1. The number of allylic oxidation sites excluding steroid dienone is 2. The molecule has 3 N–H and O–H groups in total. The van der Waals surface area contributed by atoms with Gasteiger partial charge in [-0.2, -0.15) is 0 Å². The molecule has 1 aromatic rings. The molecule has 7 nitrogen and oxygen atoms in total. The molecule has 0 heterocycles. The third kappa shape index (κ3) is 3.63. The van der Waals surface area contributed by atoms with Gasteiger partial charge in [0.2, 0.25) is 0 Å². The van der Waals surface area contributed by atoms with Crippen molar-refractivity contribution in [3.05, 3.63) is 35.2 Å². The summed E-state index contributed by atoms with van der Waals surface area (Å²) in [5.41, 5.74) is -0.344. The van der Waals surface area contributed by atoms with Gasteiger partial charge in [-0.05, 0) is 25.1 Å². The van der Waals surface area contributed by atoms with Crippen LogP contribution in [0.1, 0.15) is 24.2 Å². The van der Waals surface area contributed by atoms with Crippen LogP contribution in [0.4, 0.5) is 5.69 Å². The number of ketones is 1. The van der Waals surface area contributed by atoms with Crippen molar-refractivity contribution in [3.63, 3.8) is 0 Å². The molecule has 0 amide bonds. The lowest BCUT2D eigenvalue weighted by Crippen LogP contribution is -1.96. The van der Waals surface area contributed by atoms with E-state index in [1.807, 2.05) is 0 Å². The third-order valence-corrected chi connectivity index (χ3v) is 2.16. The summed E-state index contributed by atoms with van der Waals surface area (Å²) in [6.07, 6.45) is 0. The van der Waals surface area contributed by atoms with Crippen LogP contribution in [0.3, 0.4) is 0 Å². The Morgan fingerprint density at radius 2 is 1.79 bits per heavy atom. The van der Waals surface area contributed by atoms with E-state index in [1.165, 1.54) is 26.0 Å². The van der Waals surface area contributed by atoms with E-state index in [1.54, 1.807) is 0 Å². The van der Waals surface area contributed by atoms with Gasteiger partial charge in [-0.1, -0.05) is 0 Å². The summed E-state index contributed by atoms with van der Waals surface area (Å²) in [6, 6.07) is 3.49. The summed E-state index contributed by atoms with van der Waals surface area (Å²) < 4.78 is 0. The molecule has 0 spiro atoms. The Morgan fingerprint density at radius 1 is 1.16 bits per heavy atom. The highest BCUT2D eigenvalue weighted by atomic mass is 16.4. The van der Waals surface area contributed by atoms with Gasteiger partial charge in [0.15, 0.2) is 11.5 Å². The molecule has 100 valence electrons. The number of aromatic carboxylic acids is 1. The molecule has 1 aromatic carbocycles. The first kappa shape index (κ1) is 14.4. The molecular weight excluding hydrogens is 252 g/mol. The fourth-order valence-corrected chi connectivity index (χ4v) is 1.24. The van der Waals surface area contributed by atoms with Gasteiger partial charge in [0.1, 0.15) is 17.2 Å². The molecule has 0 bridgehead atoms. The van der Waals surface area contributed by atoms with E-state index in [-0.39, 0.29) is 28.5 Å². The fourth-order valence-electron chi connectivity index (χ4n) is 1.24. The Bertz CT molecular complexity index is 586. The maximum Gasteiger partial charge on any atom is 0.335 e. The van der Waals surface area contributed by atoms with Crippen molar-refractivity contribution in [2.45, 2.75) is 13.8 Å². The molecule has 0 atom stereocenters. The molecule has 19 heavy (non-hydrogen) atoms. The van der Waals surface area contributed by atoms with Gasteiger partial charge in [-0.25, -0.2) is 4.79 Å². The minimum absolute atomic E-state index is 0.00926. The average Bonchev–Trinajstić information content (AvgIpc) is 2.29. The number of carbonyl (C=O) groups excluding carboxylic acids is 1. The van der Waals surface area contributed by atoms with Crippen molar-refractivity contribution in [1.82, 2.24) is 0 Å². The normalized spacial score (nSPS) is 12.3. The number of azo groups is 1. The monoisotopic (exact) mass is 264 g/mol. The van der Waals surface area contributed by atoms with Gasteiger partial charge in [0.25, 0.3) is 0 Å². The SMILES string of the molecule is CC(=O)/C(N=Nc1ccc(C(=O)O)cc1O)=C(\C)O. The zero-order valence-electron chi connectivity index (χ0n) is 10.3. The summed E-state index contributed by atoms with van der Waals surface area (Å²) in [6.45, 7) is 2.49. The van der Waals surface area contributed by atoms with E-state index >= 15 is 0 Å². The number of hydrogen-bond donors (Lipinski definition) is 3. The van der Waals surface area contributed by atoms with Crippen molar-refractivity contribution in [3.8, 4) is 5.75 Å². The van der Waals surface area contributed by atoms with E-state index in [9.17, 15) is 19.8 Å². The minimum atomic E-state index is -1.19. The van der Waals surface area contributed by atoms with Crippen LogP contribution in [-0.2, 0) is 4.79 Å². The van der Waals surface area contributed by atoms with Crippen molar-refractivity contribution in [2.24, 2.45) is 10.2 Å². The Balaban J connectivity index is 3.10. The molecule has 0 aromatic heterocycles. The number of aromatic hydroxyl groups is 1. The second kappa shape index (κ2) is 5.76. The smallest absolute Gasteiger partial charge is 0.335 e. The average molecular weight is 264 g/mol. The second-order valence-corrected chi connectivity index (χ2v) is 3.70. The van der Waals surface area contributed by atoms with Crippen LogP contribution >= 0.6 is 0 Å². The molecule has 0 unspecified atom stereocenters. The molecule has 7 heteroatoms. The van der Waals surface area contributed by atoms with Crippen LogP contribution in [0.2, 0.25) is 0 Å². The second-order valence-electron chi connectivity index (χ2n) is 3.70. The zero-order chi connectivity index (χ0) is 14.6. The summed E-state index contributed by atoms with van der Waals surface area (Å²) in [5, 5.41) is 34.6. The lowest BCUT2D eigenvalue weighted by molar-refractivity contribution is -0.113. The van der Waals surface area contributed by atoms with E-state index in [2.05, 4.69) is 10.2 Å². The van der Waals surface area contributed by atoms with E-state index in [0.29, 0.717) is 0 Å². The molecule has 0 aliphatic heterocycles. The first-order valence-corrected chi connectivity index (χ1v) is 5.21. The number of benzene rings is 1. The Hall–Kier alpha value is -2.70. The predicted molar refractivity (Wildman–Crippen MR) is 65.6 cm³/mol. The highest BCUT2D eigenvalue weighted by Gasteiger charge is 2.09. The van der Waals surface area contributed by atoms with Crippen LogP contribution < -0.4 is 0 Å². The third-order valence-electron chi connectivity index (χ3n) is 2.16. The summed E-state index contributed by atoms with van der Waals surface area (Å²) >= 11 is 0. The van der Waals surface area contributed by atoms with Crippen LogP contribution in [0, 0.1) is 0 Å². The van der Waals surface area contributed by atoms with Crippen LogP contribution in [-0.4, -0.2) is 27.1 Å². The number of rotatable bonds is 4. The quantitative estimate of drug-likeness (QED) is 0.438. The van der Waals surface area contributed by atoms with Crippen LogP contribution in [0.25, 0.3) is 0 Å². The largest absolute Gasteiger partial charge is 0.510 e. The minimum Gasteiger partial charge on any atom is -0.510 e. The zero-order valence-corrected chi connectivity index (χ0v) is 10.3. The van der Waals surface area contributed by atoms with Crippen LogP contribution in [0.5, 0.6) is 5.75 Å². The number of phenolic OH excluding ortho intramolecular Hbond substituents is 1. The van der Waals surface area contributed by atoms with Gasteiger partial charge >= 0.3 is 5.97 Å². The highest BCUT2D eigenvalue weighted by Crippen LogP contribution is 2.28. The van der Waals surface area contributed by atoms with Gasteiger partial charge in [-0.15, -0.1) is 10.2 Å². The predicted octanol–water partition coefficient (Wildman–Crippen LogP) is 2.55. The Labute approximate surface area is 108 Å². The first-order chi connectivity index (χ1) is 8.82. The molecule has 0 aliphatic carbocycles. The summed E-state index contributed by atoms with van der Waals surface area (Å²) in [4.78, 5) is 21.8. The van der Waals surface area contributed by atoms with Gasteiger partial charge in [-0.3, -0.25) is 4.79 Å². The molecule has 1 rings (SSSR count). The molecule has 0 saturated carbocycles. The van der Waals surface area contributed by atoms with Gasteiger partial charge in [0, 0.05) is 6.92 Å².